The van der Waals surface area contributed by atoms with Crippen molar-refractivity contribution in [2.75, 3.05) is 25.0 Å². The van der Waals surface area contributed by atoms with Crippen LogP contribution >= 0.6 is 12.4 Å². The number of urea groups is 1. The minimum absolute atomic E-state index is 0. The van der Waals surface area contributed by atoms with Crippen LogP contribution < -0.4 is 16.0 Å². The molecule has 3 N–H and O–H groups in total. The molecule has 2 aromatic rings. The van der Waals surface area contributed by atoms with E-state index in [-0.39, 0.29) is 30.4 Å². The number of hydrogen-bond donors (Lipinski definition) is 3. The summed E-state index contributed by atoms with van der Waals surface area (Å²) < 4.78 is 18.5. The molecule has 1 fully saturated rings. The van der Waals surface area contributed by atoms with E-state index in [1.54, 1.807) is 12.1 Å². The van der Waals surface area contributed by atoms with Crippen molar-refractivity contribution in [3.05, 3.63) is 65.5 Å². The molecule has 0 bridgehead atoms. The molecule has 1 aliphatic heterocycles. The molecule has 1 heterocycles. The summed E-state index contributed by atoms with van der Waals surface area (Å²) in [5, 5.41) is 8.80. The third-order valence-electron chi connectivity index (χ3n) is 3.83. The van der Waals surface area contributed by atoms with Crippen LogP contribution in [0.3, 0.4) is 0 Å². The molecule has 2 amide bonds. The number of rotatable bonds is 4. The van der Waals surface area contributed by atoms with Crippen molar-refractivity contribution in [2.45, 2.75) is 12.6 Å². The van der Waals surface area contributed by atoms with Gasteiger partial charge in [-0.2, -0.15) is 0 Å². The summed E-state index contributed by atoms with van der Waals surface area (Å²) in [6.45, 7) is 2.72. The van der Waals surface area contributed by atoms with Gasteiger partial charge in [-0.3, -0.25) is 0 Å². The quantitative estimate of drug-likeness (QED) is 0.779. The highest BCUT2D eigenvalue weighted by Crippen LogP contribution is 2.20. The monoisotopic (exact) mass is 365 g/mol. The molecule has 0 spiro atoms. The summed E-state index contributed by atoms with van der Waals surface area (Å²) in [5.41, 5.74) is 2.63. The molecular formula is C18H21ClFN3O2. The Morgan fingerprint density at radius 3 is 2.52 bits per heavy atom. The first-order valence-electron chi connectivity index (χ1n) is 7.92. The van der Waals surface area contributed by atoms with Crippen molar-refractivity contribution in [1.82, 2.24) is 10.6 Å². The second-order valence-corrected chi connectivity index (χ2v) is 5.62. The number of benzene rings is 2. The number of morpholine rings is 1. The number of nitrogens with one attached hydrogen (secondary N) is 3. The van der Waals surface area contributed by atoms with Crippen LogP contribution in [0.15, 0.2) is 48.5 Å². The maximum absolute atomic E-state index is 12.8. The highest BCUT2D eigenvalue weighted by atomic mass is 35.5. The van der Waals surface area contributed by atoms with Crippen LogP contribution in [0, 0.1) is 5.82 Å². The van der Waals surface area contributed by atoms with Gasteiger partial charge in [0.15, 0.2) is 0 Å². The van der Waals surface area contributed by atoms with E-state index in [1.807, 2.05) is 24.3 Å². The van der Waals surface area contributed by atoms with E-state index in [2.05, 4.69) is 16.0 Å². The average molecular weight is 366 g/mol. The molecule has 1 aliphatic rings. The van der Waals surface area contributed by atoms with Crippen LogP contribution in [0.4, 0.5) is 14.9 Å². The fraction of sp³-hybridized carbons (Fsp3) is 0.278. The molecule has 5 nitrogen and oxygen atoms in total. The number of hydrogen-bond acceptors (Lipinski definition) is 3. The molecule has 0 saturated carbocycles. The first-order valence-corrected chi connectivity index (χ1v) is 7.92. The zero-order valence-corrected chi connectivity index (χ0v) is 14.4. The Morgan fingerprint density at radius 1 is 1.16 bits per heavy atom. The zero-order chi connectivity index (χ0) is 16.8. The first-order chi connectivity index (χ1) is 11.7. The fourth-order valence-electron chi connectivity index (χ4n) is 2.52. The molecule has 0 aromatic heterocycles. The minimum Gasteiger partial charge on any atom is -0.371 e. The number of amides is 2. The maximum atomic E-state index is 12.8. The number of ether oxygens (including phenoxy) is 1. The standard InChI is InChI=1S/C18H20FN3O2.ClH/c19-15-5-1-13(2-6-15)11-21-18(23)22-16-7-3-14(4-8-16)17-12-20-9-10-24-17;/h1-8,17,20H,9-12H2,(H2,21,22,23);1H. The molecule has 134 valence electrons. The molecule has 0 aliphatic carbocycles. The molecule has 7 heteroatoms. The summed E-state index contributed by atoms with van der Waals surface area (Å²) in [6, 6.07) is 13.3. The first kappa shape index (κ1) is 19.2. The average Bonchev–Trinajstić information content (AvgIpc) is 2.63. The van der Waals surface area contributed by atoms with E-state index in [4.69, 9.17) is 4.74 Å². The van der Waals surface area contributed by atoms with Gasteiger partial charge in [-0.25, -0.2) is 9.18 Å². The van der Waals surface area contributed by atoms with Gasteiger partial charge in [0, 0.05) is 25.3 Å². The predicted octanol–water partition coefficient (Wildman–Crippen LogP) is 3.23. The largest absolute Gasteiger partial charge is 0.371 e. The molecular weight excluding hydrogens is 345 g/mol. The number of halogens is 2. The molecule has 1 saturated heterocycles. The van der Waals surface area contributed by atoms with Crippen molar-refractivity contribution in [3.8, 4) is 0 Å². The number of anilines is 1. The zero-order valence-electron chi connectivity index (χ0n) is 13.6. The summed E-state index contributed by atoms with van der Waals surface area (Å²) in [6.07, 6.45) is 0.0557. The van der Waals surface area contributed by atoms with Crippen LogP contribution in [0.2, 0.25) is 0 Å². The molecule has 1 atom stereocenters. The lowest BCUT2D eigenvalue weighted by atomic mass is 10.1. The van der Waals surface area contributed by atoms with Gasteiger partial charge in [0.25, 0.3) is 0 Å². The Bertz CT molecular complexity index is 674. The van der Waals surface area contributed by atoms with Crippen LogP contribution in [-0.2, 0) is 11.3 Å². The highest BCUT2D eigenvalue weighted by molar-refractivity contribution is 5.89. The fourth-order valence-corrected chi connectivity index (χ4v) is 2.52. The Balaban J connectivity index is 0.00000225. The number of carbonyl (C=O) groups excluding carboxylic acids is 1. The van der Waals surface area contributed by atoms with Gasteiger partial charge < -0.3 is 20.7 Å². The van der Waals surface area contributed by atoms with Crippen molar-refractivity contribution >= 4 is 24.1 Å². The van der Waals surface area contributed by atoms with Crippen molar-refractivity contribution in [2.24, 2.45) is 0 Å². The SMILES string of the molecule is Cl.O=C(NCc1ccc(F)cc1)Nc1ccc(C2CNCCO2)cc1. The molecule has 2 aromatic carbocycles. The second-order valence-electron chi connectivity index (χ2n) is 5.62. The van der Waals surface area contributed by atoms with Gasteiger partial charge in [-0.15, -0.1) is 12.4 Å². The lowest BCUT2D eigenvalue weighted by molar-refractivity contribution is 0.0277. The van der Waals surface area contributed by atoms with E-state index in [1.165, 1.54) is 12.1 Å². The van der Waals surface area contributed by atoms with Crippen molar-refractivity contribution < 1.29 is 13.9 Å². The normalized spacial score (nSPS) is 16.6. The minimum atomic E-state index is -0.303. The summed E-state index contributed by atoms with van der Waals surface area (Å²) in [7, 11) is 0. The molecule has 1 unspecified atom stereocenters. The number of carbonyl (C=O) groups is 1. The van der Waals surface area contributed by atoms with Gasteiger partial charge in [-0.05, 0) is 35.4 Å². The topological polar surface area (TPSA) is 62.4 Å². The summed E-state index contributed by atoms with van der Waals surface area (Å²) in [5.74, 6) is -0.291. The van der Waals surface area contributed by atoms with E-state index in [9.17, 15) is 9.18 Å². The highest BCUT2D eigenvalue weighted by Gasteiger charge is 2.15. The van der Waals surface area contributed by atoms with Gasteiger partial charge >= 0.3 is 6.03 Å². The van der Waals surface area contributed by atoms with E-state index in [0.29, 0.717) is 18.8 Å². The predicted molar refractivity (Wildman–Crippen MR) is 97.5 cm³/mol. The summed E-state index contributed by atoms with van der Waals surface area (Å²) in [4.78, 5) is 11.9. The van der Waals surface area contributed by atoms with Gasteiger partial charge in [0.2, 0.25) is 0 Å². The van der Waals surface area contributed by atoms with Gasteiger partial charge in [0.1, 0.15) is 5.82 Å². The van der Waals surface area contributed by atoms with Crippen LogP contribution in [0.25, 0.3) is 0 Å². The molecule has 0 radical (unpaired) electrons. The van der Waals surface area contributed by atoms with E-state index >= 15 is 0 Å². The van der Waals surface area contributed by atoms with Crippen LogP contribution in [0.5, 0.6) is 0 Å². The smallest absolute Gasteiger partial charge is 0.319 e. The van der Waals surface area contributed by atoms with E-state index < -0.39 is 0 Å². The van der Waals surface area contributed by atoms with E-state index in [0.717, 1.165) is 24.2 Å². The lowest BCUT2D eigenvalue weighted by Crippen LogP contribution is -2.33. The van der Waals surface area contributed by atoms with Crippen molar-refractivity contribution in [3.63, 3.8) is 0 Å². The lowest BCUT2D eigenvalue weighted by Gasteiger charge is -2.24. The Labute approximate surface area is 152 Å². The third-order valence-corrected chi connectivity index (χ3v) is 3.83. The third kappa shape index (κ3) is 5.70. The Kier molecular flexibility index (Phi) is 7.18. The summed E-state index contributed by atoms with van der Waals surface area (Å²) >= 11 is 0. The Morgan fingerprint density at radius 2 is 1.88 bits per heavy atom. The molecule has 25 heavy (non-hydrogen) atoms. The van der Waals surface area contributed by atoms with Crippen molar-refractivity contribution in [1.29, 1.82) is 0 Å². The maximum Gasteiger partial charge on any atom is 0.319 e. The van der Waals surface area contributed by atoms with Gasteiger partial charge in [-0.1, -0.05) is 24.3 Å². The Hall–Kier alpha value is -2.15. The van der Waals surface area contributed by atoms with Crippen LogP contribution in [-0.4, -0.2) is 25.7 Å². The van der Waals surface area contributed by atoms with Gasteiger partial charge in [0.05, 0.1) is 12.7 Å². The van der Waals surface area contributed by atoms with Crippen LogP contribution in [0.1, 0.15) is 17.2 Å². The second kappa shape index (κ2) is 9.36. The molecule has 3 rings (SSSR count).